The van der Waals surface area contributed by atoms with Gasteiger partial charge in [-0.05, 0) is 23.8 Å². The van der Waals surface area contributed by atoms with Crippen LogP contribution in [0.3, 0.4) is 0 Å². The first-order chi connectivity index (χ1) is 8.11. The molecule has 0 saturated carbocycles. The number of rotatable bonds is 2. The van der Waals surface area contributed by atoms with Crippen LogP contribution in [0.25, 0.3) is 11.1 Å². The van der Waals surface area contributed by atoms with Crippen molar-refractivity contribution in [3.63, 3.8) is 0 Å². The van der Waals surface area contributed by atoms with Crippen LogP contribution in [0, 0.1) is 5.82 Å². The van der Waals surface area contributed by atoms with Crippen LogP contribution in [0.4, 0.5) is 10.1 Å². The van der Waals surface area contributed by atoms with Gasteiger partial charge >= 0.3 is 0 Å². The smallest absolute Gasteiger partial charge is 0.249 e. The number of benzene rings is 2. The third kappa shape index (κ3) is 1.97. The van der Waals surface area contributed by atoms with Crippen molar-refractivity contribution < 1.29 is 9.18 Å². The van der Waals surface area contributed by atoms with Crippen molar-refractivity contribution >= 4 is 11.6 Å². The summed E-state index contributed by atoms with van der Waals surface area (Å²) in [6.45, 7) is 0. The second-order valence-corrected chi connectivity index (χ2v) is 3.61. The Bertz CT molecular complexity index is 561. The van der Waals surface area contributed by atoms with Crippen LogP contribution in [0.2, 0.25) is 0 Å². The first kappa shape index (κ1) is 11.1. The van der Waals surface area contributed by atoms with Gasteiger partial charge in [0.15, 0.2) is 0 Å². The lowest BCUT2D eigenvalue weighted by molar-refractivity contribution is 0.100. The lowest BCUT2D eigenvalue weighted by Crippen LogP contribution is -2.12. The zero-order valence-electron chi connectivity index (χ0n) is 8.98. The third-order valence-electron chi connectivity index (χ3n) is 2.51. The molecule has 0 spiro atoms. The molecule has 3 nitrogen and oxygen atoms in total. The van der Waals surface area contributed by atoms with Gasteiger partial charge in [0.2, 0.25) is 5.91 Å². The zero-order valence-corrected chi connectivity index (χ0v) is 8.98. The van der Waals surface area contributed by atoms with Crippen molar-refractivity contribution in [3.8, 4) is 11.1 Å². The predicted molar refractivity (Wildman–Crippen MR) is 64.8 cm³/mol. The van der Waals surface area contributed by atoms with Gasteiger partial charge in [-0.25, -0.2) is 4.39 Å². The Balaban J connectivity index is 2.73. The van der Waals surface area contributed by atoms with Crippen LogP contribution >= 0.6 is 0 Å². The topological polar surface area (TPSA) is 69.1 Å². The van der Waals surface area contributed by atoms with E-state index in [9.17, 15) is 9.18 Å². The minimum absolute atomic E-state index is 0.210. The van der Waals surface area contributed by atoms with Crippen molar-refractivity contribution in [1.82, 2.24) is 0 Å². The molecule has 0 atom stereocenters. The third-order valence-corrected chi connectivity index (χ3v) is 2.51. The number of primary amides is 1. The molecule has 0 fully saturated rings. The SMILES string of the molecule is NC(=O)c1ccccc1-c1c(N)cccc1F. The van der Waals surface area contributed by atoms with E-state index in [1.807, 2.05) is 0 Å². The summed E-state index contributed by atoms with van der Waals surface area (Å²) in [6.07, 6.45) is 0. The lowest BCUT2D eigenvalue weighted by atomic mass is 9.97. The van der Waals surface area contributed by atoms with Crippen LogP contribution in [-0.4, -0.2) is 5.91 Å². The van der Waals surface area contributed by atoms with Crippen molar-refractivity contribution in [2.45, 2.75) is 0 Å². The molecule has 0 saturated heterocycles. The van der Waals surface area contributed by atoms with Crippen molar-refractivity contribution in [2.75, 3.05) is 5.73 Å². The van der Waals surface area contributed by atoms with E-state index in [4.69, 9.17) is 11.5 Å². The van der Waals surface area contributed by atoms with Gasteiger partial charge in [-0.15, -0.1) is 0 Å². The number of anilines is 1. The fourth-order valence-electron chi connectivity index (χ4n) is 1.74. The monoisotopic (exact) mass is 230 g/mol. The minimum Gasteiger partial charge on any atom is -0.398 e. The predicted octanol–water partition coefficient (Wildman–Crippen LogP) is 2.17. The molecule has 86 valence electrons. The number of hydrogen-bond donors (Lipinski definition) is 2. The standard InChI is InChI=1S/C13H11FN2O/c14-10-6-3-7-11(15)12(10)8-4-1-2-5-9(8)13(16)17/h1-7H,15H2,(H2,16,17). The highest BCUT2D eigenvalue weighted by molar-refractivity contribution is 6.01. The number of hydrogen-bond acceptors (Lipinski definition) is 2. The summed E-state index contributed by atoms with van der Waals surface area (Å²) < 4.78 is 13.7. The van der Waals surface area contributed by atoms with E-state index in [2.05, 4.69) is 0 Å². The first-order valence-corrected chi connectivity index (χ1v) is 5.04. The van der Waals surface area contributed by atoms with Gasteiger partial charge in [-0.1, -0.05) is 24.3 Å². The Hall–Kier alpha value is -2.36. The molecule has 4 heteroatoms. The van der Waals surface area contributed by atoms with E-state index in [-0.39, 0.29) is 16.8 Å². The highest BCUT2D eigenvalue weighted by Gasteiger charge is 2.14. The number of nitrogen functional groups attached to an aromatic ring is 1. The van der Waals surface area contributed by atoms with E-state index in [1.165, 1.54) is 12.1 Å². The second kappa shape index (κ2) is 4.25. The Morgan fingerprint density at radius 1 is 1.06 bits per heavy atom. The molecular formula is C13H11FN2O. The molecule has 17 heavy (non-hydrogen) atoms. The average molecular weight is 230 g/mol. The van der Waals surface area contributed by atoms with Crippen LogP contribution in [0.5, 0.6) is 0 Å². The van der Waals surface area contributed by atoms with Crippen molar-refractivity contribution in [2.24, 2.45) is 5.73 Å². The zero-order chi connectivity index (χ0) is 12.4. The highest BCUT2D eigenvalue weighted by Crippen LogP contribution is 2.31. The molecular weight excluding hydrogens is 219 g/mol. The van der Waals surface area contributed by atoms with Crippen LogP contribution in [-0.2, 0) is 0 Å². The number of nitrogens with two attached hydrogens (primary N) is 2. The van der Waals surface area contributed by atoms with E-state index >= 15 is 0 Å². The highest BCUT2D eigenvalue weighted by atomic mass is 19.1. The maximum atomic E-state index is 13.7. The molecule has 0 radical (unpaired) electrons. The van der Waals surface area contributed by atoms with Crippen LogP contribution in [0.15, 0.2) is 42.5 Å². The number of carbonyl (C=O) groups excluding carboxylic acids is 1. The maximum Gasteiger partial charge on any atom is 0.249 e. The Kier molecular flexibility index (Phi) is 2.78. The molecule has 0 aliphatic rings. The van der Waals surface area contributed by atoms with Gasteiger partial charge in [0, 0.05) is 16.8 Å². The summed E-state index contributed by atoms with van der Waals surface area (Å²) in [5, 5.41) is 0. The number of amides is 1. The van der Waals surface area contributed by atoms with Gasteiger partial charge < -0.3 is 11.5 Å². The van der Waals surface area contributed by atoms with E-state index in [0.717, 1.165) is 0 Å². The number of halogens is 1. The first-order valence-electron chi connectivity index (χ1n) is 5.04. The van der Waals surface area contributed by atoms with Gasteiger partial charge in [0.25, 0.3) is 0 Å². The summed E-state index contributed by atoms with van der Waals surface area (Å²) >= 11 is 0. The molecule has 1 amide bonds. The van der Waals surface area contributed by atoms with E-state index in [0.29, 0.717) is 5.56 Å². The van der Waals surface area contributed by atoms with E-state index in [1.54, 1.807) is 30.3 Å². The van der Waals surface area contributed by atoms with Gasteiger partial charge in [-0.3, -0.25) is 4.79 Å². The van der Waals surface area contributed by atoms with Gasteiger partial charge in [-0.2, -0.15) is 0 Å². The Labute approximate surface area is 97.9 Å². The summed E-state index contributed by atoms with van der Waals surface area (Å²) in [4.78, 5) is 11.3. The quantitative estimate of drug-likeness (QED) is 0.776. The summed E-state index contributed by atoms with van der Waals surface area (Å²) in [6, 6.07) is 10.9. The number of carbonyl (C=O) groups is 1. The van der Waals surface area contributed by atoms with E-state index < -0.39 is 11.7 Å². The van der Waals surface area contributed by atoms with Gasteiger partial charge in [0.1, 0.15) is 5.82 Å². The summed E-state index contributed by atoms with van der Waals surface area (Å²) in [5.74, 6) is -1.08. The molecule has 0 aliphatic carbocycles. The maximum absolute atomic E-state index is 13.7. The van der Waals surface area contributed by atoms with Gasteiger partial charge in [0.05, 0.1) is 0 Å². The summed E-state index contributed by atoms with van der Waals surface area (Å²) in [5.41, 5.74) is 12.1. The fourth-order valence-corrected chi connectivity index (χ4v) is 1.74. The van der Waals surface area contributed by atoms with Crippen molar-refractivity contribution in [3.05, 3.63) is 53.8 Å². The molecule has 0 bridgehead atoms. The molecule has 4 N–H and O–H groups in total. The Morgan fingerprint density at radius 2 is 1.76 bits per heavy atom. The fraction of sp³-hybridized carbons (Fsp3) is 0. The normalized spacial score (nSPS) is 10.2. The second-order valence-electron chi connectivity index (χ2n) is 3.61. The Morgan fingerprint density at radius 3 is 2.41 bits per heavy atom. The van der Waals surface area contributed by atoms with Crippen LogP contribution in [0.1, 0.15) is 10.4 Å². The molecule has 2 aromatic rings. The summed E-state index contributed by atoms with van der Waals surface area (Å²) in [7, 11) is 0. The molecule has 0 unspecified atom stereocenters. The van der Waals surface area contributed by atoms with Crippen LogP contribution < -0.4 is 11.5 Å². The minimum atomic E-state index is -0.608. The largest absolute Gasteiger partial charge is 0.398 e. The molecule has 0 heterocycles. The van der Waals surface area contributed by atoms with Crippen molar-refractivity contribution in [1.29, 1.82) is 0 Å². The molecule has 0 aliphatic heterocycles. The average Bonchev–Trinajstić information content (AvgIpc) is 2.29. The molecule has 2 aromatic carbocycles. The molecule has 2 rings (SSSR count). The molecule has 0 aromatic heterocycles. The lowest BCUT2D eigenvalue weighted by Gasteiger charge is -2.10.